The summed E-state index contributed by atoms with van der Waals surface area (Å²) in [6.45, 7) is 1.55. The Balaban J connectivity index is 2.27. The van der Waals surface area contributed by atoms with Gasteiger partial charge in [0, 0.05) is 19.6 Å². The van der Waals surface area contributed by atoms with Crippen molar-refractivity contribution in [1.29, 1.82) is 0 Å². The SMILES string of the molecule is CS(=O)(=O)NCCCNC(=O)c1cn(CCN)nn1. The van der Waals surface area contributed by atoms with E-state index in [1.807, 2.05) is 0 Å². The first-order chi connectivity index (χ1) is 8.92. The normalized spacial score (nSPS) is 11.5. The van der Waals surface area contributed by atoms with E-state index in [0.717, 1.165) is 6.26 Å². The van der Waals surface area contributed by atoms with Crippen molar-refractivity contribution < 1.29 is 13.2 Å². The van der Waals surface area contributed by atoms with Gasteiger partial charge in [-0.1, -0.05) is 5.21 Å². The number of rotatable bonds is 8. The molecule has 0 aliphatic heterocycles. The van der Waals surface area contributed by atoms with Gasteiger partial charge in [0.05, 0.1) is 19.0 Å². The van der Waals surface area contributed by atoms with Crippen LogP contribution in [0.4, 0.5) is 0 Å². The van der Waals surface area contributed by atoms with E-state index >= 15 is 0 Å². The molecule has 0 aliphatic carbocycles. The molecule has 1 aromatic rings. The summed E-state index contributed by atoms with van der Waals surface area (Å²) < 4.78 is 25.4. The molecule has 19 heavy (non-hydrogen) atoms. The van der Waals surface area contributed by atoms with Gasteiger partial charge in [-0.3, -0.25) is 9.48 Å². The van der Waals surface area contributed by atoms with Gasteiger partial charge in [0.1, 0.15) is 0 Å². The molecule has 0 fully saturated rings. The van der Waals surface area contributed by atoms with Crippen LogP contribution in [0, 0.1) is 0 Å². The minimum absolute atomic E-state index is 0.213. The molecule has 0 saturated carbocycles. The third kappa shape index (κ3) is 6.27. The van der Waals surface area contributed by atoms with Crippen LogP contribution >= 0.6 is 0 Å². The molecule has 1 aromatic heterocycles. The molecule has 0 radical (unpaired) electrons. The Morgan fingerprint density at radius 1 is 1.47 bits per heavy atom. The fourth-order valence-corrected chi connectivity index (χ4v) is 1.80. The van der Waals surface area contributed by atoms with Crippen molar-refractivity contribution in [3.8, 4) is 0 Å². The number of carbonyl (C=O) groups is 1. The van der Waals surface area contributed by atoms with Gasteiger partial charge in [0.25, 0.3) is 5.91 Å². The smallest absolute Gasteiger partial charge is 0.273 e. The van der Waals surface area contributed by atoms with Crippen LogP contribution in [-0.4, -0.2) is 55.2 Å². The molecule has 0 unspecified atom stereocenters. The maximum absolute atomic E-state index is 11.6. The van der Waals surface area contributed by atoms with Crippen molar-refractivity contribution in [3.63, 3.8) is 0 Å². The summed E-state index contributed by atoms with van der Waals surface area (Å²) in [6.07, 6.45) is 3.09. The standard InChI is InChI=1S/C9H18N6O3S/c1-19(17,18)12-5-2-4-11-9(16)8-7-15(6-3-10)14-13-8/h7,12H,2-6,10H2,1H3,(H,11,16). The lowest BCUT2D eigenvalue weighted by atomic mass is 10.4. The first-order valence-electron chi connectivity index (χ1n) is 5.75. The first-order valence-corrected chi connectivity index (χ1v) is 7.64. The quantitative estimate of drug-likeness (QED) is 0.470. The highest BCUT2D eigenvalue weighted by molar-refractivity contribution is 7.88. The minimum Gasteiger partial charge on any atom is -0.351 e. The van der Waals surface area contributed by atoms with Gasteiger partial charge in [0.15, 0.2) is 5.69 Å². The van der Waals surface area contributed by atoms with E-state index in [2.05, 4.69) is 20.4 Å². The topological polar surface area (TPSA) is 132 Å². The van der Waals surface area contributed by atoms with Crippen LogP contribution in [0.5, 0.6) is 0 Å². The zero-order valence-electron chi connectivity index (χ0n) is 10.7. The molecule has 1 heterocycles. The molecule has 0 atom stereocenters. The van der Waals surface area contributed by atoms with Crippen LogP contribution in [0.2, 0.25) is 0 Å². The summed E-state index contributed by atoms with van der Waals surface area (Å²) in [6, 6.07) is 0. The van der Waals surface area contributed by atoms with Crippen molar-refractivity contribution in [1.82, 2.24) is 25.0 Å². The fraction of sp³-hybridized carbons (Fsp3) is 0.667. The number of hydrogen-bond donors (Lipinski definition) is 3. The number of nitrogens with two attached hydrogens (primary N) is 1. The largest absolute Gasteiger partial charge is 0.351 e. The summed E-state index contributed by atoms with van der Waals surface area (Å²) in [5, 5.41) is 10.1. The lowest BCUT2D eigenvalue weighted by Crippen LogP contribution is -2.29. The highest BCUT2D eigenvalue weighted by Crippen LogP contribution is 1.92. The summed E-state index contributed by atoms with van der Waals surface area (Å²) in [5.41, 5.74) is 5.56. The Labute approximate surface area is 111 Å². The zero-order valence-corrected chi connectivity index (χ0v) is 11.5. The van der Waals surface area contributed by atoms with Gasteiger partial charge in [-0.2, -0.15) is 0 Å². The van der Waals surface area contributed by atoms with E-state index in [1.54, 1.807) is 0 Å². The number of hydrogen-bond acceptors (Lipinski definition) is 6. The number of nitrogens with one attached hydrogen (secondary N) is 2. The molecule has 108 valence electrons. The van der Waals surface area contributed by atoms with E-state index in [9.17, 15) is 13.2 Å². The van der Waals surface area contributed by atoms with Crippen molar-refractivity contribution in [2.24, 2.45) is 5.73 Å². The maximum atomic E-state index is 11.6. The van der Waals surface area contributed by atoms with Crippen molar-refractivity contribution in [3.05, 3.63) is 11.9 Å². The molecule has 10 heteroatoms. The lowest BCUT2D eigenvalue weighted by molar-refractivity contribution is 0.0948. The lowest BCUT2D eigenvalue weighted by Gasteiger charge is -2.03. The van der Waals surface area contributed by atoms with Gasteiger partial charge < -0.3 is 11.1 Å². The number of aromatic nitrogens is 3. The van der Waals surface area contributed by atoms with Crippen molar-refractivity contribution in [2.45, 2.75) is 13.0 Å². The Hall–Kier alpha value is -1.52. The molecule has 0 bridgehead atoms. The van der Waals surface area contributed by atoms with Crippen LogP contribution in [0.25, 0.3) is 0 Å². The highest BCUT2D eigenvalue weighted by Gasteiger charge is 2.09. The van der Waals surface area contributed by atoms with Gasteiger partial charge in [-0.05, 0) is 6.42 Å². The summed E-state index contributed by atoms with van der Waals surface area (Å²) in [7, 11) is -3.18. The Morgan fingerprint density at radius 2 is 2.21 bits per heavy atom. The van der Waals surface area contributed by atoms with E-state index in [4.69, 9.17) is 5.73 Å². The van der Waals surface area contributed by atoms with Gasteiger partial charge >= 0.3 is 0 Å². The van der Waals surface area contributed by atoms with Crippen LogP contribution in [0.3, 0.4) is 0 Å². The van der Waals surface area contributed by atoms with E-state index in [0.29, 0.717) is 26.1 Å². The zero-order chi connectivity index (χ0) is 14.3. The molecule has 1 amide bonds. The van der Waals surface area contributed by atoms with Crippen LogP contribution in [-0.2, 0) is 16.6 Å². The van der Waals surface area contributed by atoms with Crippen molar-refractivity contribution >= 4 is 15.9 Å². The Kier molecular flexibility index (Phi) is 5.86. The Morgan fingerprint density at radius 3 is 2.84 bits per heavy atom. The molecular formula is C9H18N6O3S. The van der Waals surface area contributed by atoms with Crippen LogP contribution in [0.1, 0.15) is 16.9 Å². The van der Waals surface area contributed by atoms with Crippen molar-refractivity contribution in [2.75, 3.05) is 25.9 Å². The molecular weight excluding hydrogens is 272 g/mol. The van der Waals surface area contributed by atoms with E-state index < -0.39 is 10.0 Å². The van der Waals surface area contributed by atoms with Gasteiger partial charge in [-0.25, -0.2) is 13.1 Å². The molecule has 0 aliphatic rings. The third-order valence-electron chi connectivity index (χ3n) is 2.13. The second-order valence-electron chi connectivity index (χ2n) is 3.93. The highest BCUT2D eigenvalue weighted by atomic mass is 32.2. The number of nitrogens with zero attached hydrogens (tertiary/aromatic N) is 3. The third-order valence-corrected chi connectivity index (χ3v) is 2.86. The molecule has 0 spiro atoms. The molecule has 4 N–H and O–H groups in total. The van der Waals surface area contributed by atoms with Gasteiger partial charge in [0.2, 0.25) is 10.0 Å². The first kappa shape index (κ1) is 15.5. The maximum Gasteiger partial charge on any atom is 0.273 e. The van der Waals surface area contributed by atoms with E-state index in [1.165, 1.54) is 10.9 Å². The summed E-state index contributed by atoms with van der Waals surface area (Å²) in [5.74, 6) is -0.345. The number of amides is 1. The molecule has 0 saturated heterocycles. The van der Waals surface area contributed by atoms with E-state index in [-0.39, 0.29) is 18.1 Å². The van der Waals surface area contributed by atoms with Crippen LogP contribution in [0.15, 0.2) is 6.20 Å². The monoisotopic (exact) mass is 290 g/mol. The Bertz CT molecular complexity index is 512. The summed E-state index contributed by atoms with van der Waals surface area (Å²) in [4.78, 5) is 11.6. The minimum atomic E-state index is -3.18. The average molecular weight is 290 g/mol. The molecule has 1 rings (SSSR count). The number of carbonyl (C=O) groups excluding carboxylic acids is 1. The predicted molar refractivity (Wildman–Crippen MR) is 68.9 cm³/mol. The van der Waals surface area contributed by atoms with Crippen LogP contribution < -0.4 is 15.8 Å². The second kappa shape index (κ2) is 7.16. The van der Waals surface area contributed by atoms with Gasteiger partial charge in [-0.15, -0.1) is 5.10 Å². The average Bonchev–Trinajstić information content (AvgIpc) is 2.76. The number of sulfonamides is 1. The predicted octanol–water partition coefficient (Wildman–Crippen LogP) is -2.09. The molecule has 9 nitrogen and oxygen atoms in total. The molecule has 0 aromatic carbocycles. The second-order valence-corrected chi connectivity index (χ2v) is 5.76. The fourth-order valence-electron chi connectivity index (χ4n) is 1.28. The summed E-state index contributed by atoms with van der Waals surface area (Å²) >= 11 is 0.